The second-order valence-electron chi connectivity index (χ2n) is 7.98. The number of aromatic nitrogens is 1. The lowest BCUT2D eigenvalue weighted by Gasteiger charge is -2.39. The first-order valence-electron chi connectivity index (χ1n) is 10.4. The Morgan fingerprint density at radius 1 is 1.07 bits per heavy atom. The minimum atomic E-state index is -0.0249. The maximum absolute atomic E-state index is 12.8. The highest BCUT2D eigenvalue weighted by atomic mass is 35.5. The lowest BCUT2D eigenvalue weighted by Crippen LogP contribution is -2.54. The van der Waals surface area contributed by atoms with E-state index in [1.54, 1.807) is 0 Å². The van der Waals surface area contributed by atoms with Gasteiger partial charge >= 0.3 is 0 Å². The zero-order valence-corrected chi connectivity index (χ0v) is 17.4. The standard InChI is InChI=1S/C22H29ClN4O/c1-17(22(28)27-10-3-2-4-11-27)26-14-12-25(13-15-26)16-19-20(23)8-7-18-6-5-9-24-21(18)19/h5-9,17H,2-4,10-16H2,1H3/t17-/m1/s1. The third-order valence-corrected chi connectivity index (χ3v) is 6.54. The molecule has 1 amide bonds. The van der Waals surface area contributed by atoms with Crippen molar-refractivity contribution in [2.24, 2.45) is 0 Å². The molecule has 0 spiro atoms. The number of piperidine rings is 1. The predicted octanol–water partition coefficient (Wildman–Crippen LogP) is 3.41. The molecule has 0 N–H and O–H groups in total. The first-order chi connectivity index (χ1) is 13.6. The molecule has 0 unspecified atom stereocenters. The number of hydrogen-bond acceptors (Lipinski definition) is 4. The minimum Gasteiger partial charge on any atom is -0.341 e. The maximum atomic E-state index is 12.8. The highest BCUT2D eigenvalue weighted by Gasteiger charge is 2.29. The number of hydrogen-bond donors (Lipinski definition) is 0. The highest BCUT2D eigenvalue weighted by molar-refractivity contribution is 6.32. The van der Waals surface area contributed by atoms with Gasteiger partial charge in [0, 0.05) is 68.0 Å². The molecule has 6 heteroatoms. The van der Waals surface area contributed by atoms with E-state index < -0.39 is 0 Å². The predicted molar refractivity (Wildman–Crippen MR) is 113 cm³/mol. The summed E-state index contributed by atoms with van der Waals surface area (Å²) in [4.78, 5) is 24.2. The Balaban J connectivity index is 1.37. The van der Waals surface area contributed by atoms with Crippen molar-refractivity contribution >= 4 is 28.4 Å². The van der Waals surface area contributed by atoms with Gasteiger partial charge in [-0.3, -0.25) is 19.6 Å². The molecule has 2 aliphatic heterocycles. The van der Waals surface area contributed by atoms with Crippen molar-refractivity contribution in [3.63, 3.8) is 0 Å². The molecular weight excluding hydrogens is 372 g/mol. The van der Waals surface area contributed by atoms with Gasteiger partial charge in [0.1, 0.15) is 0 Å². The first-order valence-corrected chi connectivity index (χ1v) is 10.8. The van der Waals surface area contributed by atoms with Gasteiger partial charge in [-0.15, -0.1) is 0 Å². The van der Waals surface area contributed by atoms with Gasteiger partial charge in [-0.1, -0.05) is 23.7 Å². The van der Waals surface area contributed by atoms with E-state index >= 15 is 0 Å². The Morgan fingerprint density at radius 3 is 2.57 bits per heavy atom. The van der Waals surface area contributed by atoms with Crippen LogP contribution in [0.15, 0.2) is 30.5 Å². The van der Waals surface area contributed by atoms with Gasteiger partial charge in [0.05, 0.1) is 11.6 Å². The maximum Gasteiger partial charge on any atom is 0.239 e. The van der Waals surface area contributed by atoms with Gasteiger partial charge in [0.15, 0.2) is 0 Å². The molecule has 0 radical (unpaired) electrons. The van der Waals surface area contributed by atoms with Crippen LogP contribution in [0.4, 0.5) is 0 Å². The van der Waals surface area contributed by atoms with Crippen molar-refractivity contribution in [3.05, 3.63) is 41.0 Å². The van der Waals surface area contributed by atoms with Gasteiger partial charge < -0.3 is 4.90 Å². The Kier molecular flexibility index (Phi) is 6.14. The molecule has 2 aliphatic rings. The van der Waals surface area contributed by atoms with Gasteiger partial charge in [-0.2, -0.15) is 0 Å². The van der Waals surface area contributed by atoms with Gasteiger partial charge in [-0.25, -0.2) is 0 Å². The molecular formula is C22H29ClN4O. The second kappa shape index (κ2) is 8.76. The van der Waals surface area contributed by atoms with Crippen molar-refractivity contribution in [2.75, 3.05) is 39.3 Å². The molecule has 4 rings (SSSR count). The number of fused-ring (bicyclic) bond motifs is 1. The van der Waals surface area contributed by atoms with Gasteiger partial charge in [-0.05, 0) is 38.3 Å². The lowest BCUT2D eigenvalue weighted by atomic mass is 10.1. The van der Waals surface area contributed by atoms with Crippen LogP contribution in [0.25, 0.3) is 10.9 Å². The number of pyridine rings is 1. The fourth-order valence-corrected chi connectivity index (χ4v) is 4.61. The quantitative estimate of drug-likeness (QED) is 0.788. The number of piperazine rings is 1. The summed E-state index contributed by atoms with van der Waals surface area (Å²) in [6.07, 6.45) is 5.37. The van der Waals surface area contributed by atoms with Crippen molar-refractivity contribution in [2.45, 2.75) is 38.8 Å². The first kappa shape index (κ1) is 19.6. The molecule has 0 aliphatic carbocycles. The third kappa shape index (κ3) is 4.17. The number of halogens is 1. The molecule has 1 aromatic heterocycles. The number of rotatable bonds is 4. The molecule has 3 heterocycles. The molecule has 150 valence electrons. The zero-order valence-electron chi connectivity index (χ0n) is 16.6. The van der Waals surface area contributed by atoms with Crippen LogP contribution < -0.4 is 0 Å². The van der Waals surface area contributed by atoms with Gasteiger partial charge in [0.2, 0.25) is 5.91 Å². The molecule has 5 nitrogen and oxygen atoms in total. The van der Waals surface area contributed by atoms with Crippen LogP contribution in [-0.4, -0.2) is 70.9 Å². The van der Waals surface area contributed by atoms with Crippen LogP contribution in [0.3, 0.4) is 0 Å². The number of carbonyl (C=O) groups is 1. The molecule has 2 aromatic rings. The van der Waals surface area contributed by atoms with E-state index in [1.807, 2.05) is 24.4 Å². The van der Waals surface area contributed by atoms with Crippen molar-refractivity contribution in [1.29, 1.82) is 0 Å². The number of benzene rings is 1. The average Bonchev–Trinajstić information content (AvgIpc) is 2.76. The van der Waals surface area contributed by atoms with Crippen LogP contribution in [0.2, 0.25) is 5.02 Å². The fourth-order valence-electron chi connectivity index (χ4n) is 4.40. The lowest BCUT2D eigenvalue weighted by molar-refractivity contribution is -0.138. The van der Waals surface area contributed by atoms with E-state index in [4.69, 9.17) is 11.6 Å². The number of nitrogens with zero attached hydrogens (tertiary/aromatic N) is 4. The van der Waals surface area contributed by atoms with E-state index in [2.05, 4.69) is 32.7 Å². The summed E-state index contributed by atoms with van der Waals surface area (Å²) in [6.45, 7) is 8.43. The molecule has 28 heavy (non-hydrogen) atoms. The zero-order chi connectivity index (χ0) is 19.5. The van der Waals surface area contributed by atoms with Crippen molar-refractivity contribution in [3.8, 4) is 0 Å². The van der Waals surface area contributed by atoms with E-state index in [-0.39, 0.29) is 6.04 Å². The highest BCUT2D eigenvalue weighted by Crippen LogP contribution is 2.26. The van der Waals surface area contributed by atoms with E-state index in [9.17, 15) is 4.79 Å². The average molecular weight is 401 g/mol. The summed E-state index contributed by atoms with van der Waals surface area (Å²) in [5, 5.41) is 1.91. The Labute approximate surface area is 172 Å². The van der Waals surface area contributed by atoms with Crippen LogP contribution in [0.1, 0.15) is 31.7 Å². The van der Waals surface area contributed by atoms with E-state index in [0.717, 1.165) is 80.1 Å². The number of amides is 1. The summed E-state index contributed by atoms with van der Waals surface area (Å²) in [6, 6.07) is 8.01. The molecule has 1 aromatic carbocycles. The number of likely N-dealkylation sites (tertiary alicyclic amines) is 1. The molecule has 0 bridgehead atoms. The second-order valence-corrected chi connectivity index (χ2v) is 8.38. The van der Waals surface area contributed by atoms with Crippen LogP contribution in [-0.2, 0) is 11.3 Å². The molecule has 1 atom stereocenters. The Morgan fingerprint density at radius 2 is 1.82 bits per heavy atom. The molecule has 2 fully saturated rings. The van der Waals surface area contributed by atoms with Crippen molar-refractivity contribution in [1.82, 2.24) is 19.7 Å². The van der Waals surface area contributed by atoms with Crippen molar-refractivity contribution < 1.29 is 4.79 Å². The normalized spacial score (nSPS) is 20.4. The fraction of sp³-hybridized carbons (Fsp3) is 0.545. The monoisotopic (exact) mass is 400 g/mol. The van der Waals surface area contributed by atoms with Crippen LogP contribution in [0, 0.1) is 0 Å². The largest absolute Gasteiger partial charge is 0.341 e. The Bertz CT molecular complexity index is 828. The summed E-state index contributed by atoms with van der Waals surface area (Å²) in [5.74, 6) is 0.300. The summed E-state index contributed by atoms with van der Waals surface area (Å²) in [7, 11) is 0. The molecule has 0 saturated carbocycles. The SMILES string of the molecule is C[C@H](C(=O)N1CCCCC1)N1CCN(Cc2c(Cl)ccc3cccnc23)CC1. The van der Waals surface area contributed by atoms with Gasteiger partial charge in [0.25, 0.3) is 0 Å². The van der Waals surface area contributed by atoms with E-state index in [1.165, 1.54) is 6.42 Å². The minimum absolute atomic E-state index is 0.0249. The summed E-state index contributed by atoms with van der Waals surface area (Å²) < 4.78 is 0. The topological polar surface area (TPSA) is 39.7 Å². The van der Waals surface area contributed by atoms with Crippen LogP contribution >= 0.6 is 11.6 Å². The third-order valence-electron chi connectivity index (χ3n) is 6.18. The summed E-state index contributed by atoms with van der Waals surface area (Å²) >= 11 is 6.50. The van der Waals surface area contributed by atoms with Crippen LogP contribution in [0.5, 0.6) is 0 Å². The smallest absolute Gasteiger partial charge is 0.239 e. The molecule has 2 saturated heterocycles. The Hall–Kier alpha value is -1.69. The number of carbonyl (C=O) groups excluding carboxylic acids is 1. The summed E-state index contributed by atoms with van der Waals surface area (Å²) in [5.41, 5.74) is 2.09. The van der Waals surface area contributed by atoms with E-state index in [0.29, 0.717) is 5.91 Å².